The summed E-state index contributed by atoms with van der Waals surface area (Å²) >= 11 is 0. The lowest BCUT2D eigenvalue weighted by molar-refractivity contribution is 0.133. The number of anilines is 1. The zero-order chi connectivity index (χ0) is 27.9. The Balaban J connectivity index is 1.53. The number of nitrogens with zero attached hydrogens (tertiary/aromatic N) is 5. The van der Waals surface area contributed by atoms with Crippen LogP contribution in [0.1, 0.15) is 37.2 Å². The number of fused-ring (bicyclic) bond motifs is 1. The second-order valence-corrected chi connectivity index (χ2v) is 10.0. The van der Waals surface area contributed by atoms with Crippen LogP contribution in [0.5, 0.6) is 5.75 Å². The van der Waals surface area contributed by atoms with E-state index < -0.39 is 0 Å². The predicted molar refractivity (Wildman–Crippen MR) is 155 cm³/mol. The molecule has 0 aliphatic carbocycles. The van der Waals surface area contributed by atoms with Crippen LogP contribution >= 0.6 is 0 Å². The van der Waals surface area contributed by atoms with E-state index in [0.717, 1.165) is 85.2 Å². The molecule has 8 nitrogen and oxygen atoms in total. The molecule has 9 heteroatoms. The zero-order valence-corrected chi connectivity index (χ0v) is 23.4. The third-order valence-corrected chi connectivity index (χ3v) is 7.27. The van der Waals surface area contributed by atoms with Crippen molar-refractivity contribution in [2.45, 2.75) is 38.8 Å². The van der Waals surface area contributed by atoms with Gasteiger partial charge < -0.3 is 19.4 Å². The van der Waals surface area contributed by atoms with Gasteiger partial charge in [-0.25, -0.2) is 19.3 Å². The van der Waals surface area contributed by atoms with Crippen LogP contribution in [0.4, 0.5) is 10.3 Å². The molecule has 5 rings (SSSR count). The van der Waals surface area contributed by atoms with Crippen LogP contribution in [0.15, 0.2) is 60.8 Å². The number of benzene rings is 2. The molecule has 0 fully saturated rings. The standard InChI is InChI=1S/C31H37FN6O2/c1-4-16-33-31-34-17-15-26(35-31)30-29(22-9-11-24(32)12-10-22)36-28-14-13-25(38(28)30)21-37(18-19-39-2)20-23-7-5-6-8-27(23)40-3/h5-12,15,17,25H,4,13-14,16,18-21H2,1-3H3,(H,33,34,35). The highest BCUT2D eigenvalue weighted by Crippen LogP contribution is 2.39. The second-order valence-electron chi connectivity index (χ2n) is 10.0. The molecule has 210 valence electrons. The van der Waals surface area contributed by atoms with E-state index in [9.17, 15) is 4.39 Å². The van der Waals surface area contributed by atoms with Gasteiger partial charge in [0.25, 0.3) is 0 Å². The fraction of sp³-hybridized carbons (Fsp3) is 0.387. The molecule has 4 aromatic rings. The van der Waals surface area contributed by atoms with Gasteiger partial charge in [-0.2, -0.15) is 0 Å². The van der Waals surface area contributed by atoms with Crippen molar-refractivity contribution in [3.8, 4) is 28.4 Å². The van der Waals surface area contributed by atoms with Gasteiger partial charge in [-0.05, 0) is 49.2 Å². The first kappa shape index (κ1) is 27.7. The Labute approximate surface area is 235 Å². The molecule has 0 saturated heterocycles. The molecule has 0 amide bonds. The first-order valence-electron chi connectivity index (χ1n) is 13.9. The van der Waals surface area contributed by atoms with E-state index in [1.54, 1.807) is 32.5 Å². The largest absolute Gasteiger partial charge is 0.496 e. The molecule has 1 aliphatic rings. The van der Waals surface area contributed by atoms with Gasteiger partial charge in [-0.15, -0.1) is 0 Å². The van der Waals surface area contributed by atoms with Gasteiger partial charge >= 0.3 is 0 Å². The molecule has 1 N–H and O–H groups in total. The number of aromatic nitrogens is 4. The molecule has 3 heterocycles. The Hall–Kier alpha value is -3.82. The van der Waals surface area contributed by atoms with Crippen LogP contribution in [-0.4, -0.2) is 64.9 Å². The van der Waals surface area contributed by atoms with Crippen molar-refractivity contribution in [3.05, 3.63) is 78.0 Å². The van der Waals surface area contributed by atoms with Crippen LogP contribution in [0.3, 0.4) is 0 Å². The predicted octanol–water partition coefficient (Wildman–Crippen LogP) is 5.61. The van der Waals surface area contributed by atoms with Crippen molar-refractivity contribution in [2.24, 2.45) is 0 Å². The molecular formula is C31H37FN6O2. The van der Waals surface area contributed by atoms with E-state index >= 15 is 0 Å². The van der Waals surface area contributed by atoms with E-state index in [4.69, 9.17) is 19.4 Å². The number of halogens is 1. The summed E-state index contributed by atoms with van der Waals surface area (Å²) in [6.07, 6.45) is 4.59. The minimum Gasteiger partial charge on any atom is -0.496 e. The van der Waals surface area contributed by atoms with Crippen LogP contribution in [0.2, 0.25) is 0 Å². The Kier molecular flexibility index (Phi) is 9.03. The molecule has 0 radical (unpaired) electrons. The number of imidazole rings is 1. The Morgan fingerprint density at radius 1 is 1.07 bits per heavy atom. The van der Waals surface area contributed by atoms with Crippen LogP contribution in [0, 0.1) is 5.82 Å². The van der Waals surface area contributed by atoms with E-state index in [1.807, 2.05) is 24.3 Å². The number of methoxy groups -OCH3 is 2. The fourth-order valence-corrected chi connectivity index (χ4v) is 5.34. The second kappa shape index (κ2) is 13.0. The highest BCUT2D eigenvalue weighted by atomic mass is 19.1. The highest BCUT2D eigenvalue weighted by molar-refractivity contribution is 5.78. The molecule has 1 atom stereocenters. The molecular weight excluding hydrogens is 507 g/mol. The Morgan fingerprint density at radius 2 is 1.90 bits per heavy atom. The minimum absolute atomic E-state index is 0.181. The lowest BCUT2D eigenvalue weighted by Crippen LogP contribution is -2.32. The van der Waals surface area contributed by atoms with Gasteiger partial charge in [-0.3, -0.25) is 4.90 Å². The summed E-state index contributed by atoms with van der Waals surface area (Å²) in [7, 11) is 3.44. The molecule has 40 heavy (non-hydrogen) atoms. The smallest absolute Gasteiger partial charge is 0.223 e. The van der Waals surface area contributed by atoms with E-state index in [-0.39, 0.29) is 11.9 Å². The van der Waals surface area contributed by atoms with E-state index in [0.29, 0.717) is 12.6 Å². The van der Waals surface area contributed by atoms with Gasteiger partial charge in [0, 0.05) is 63.1 Å². The van der Waals surface area contributed by atoms with Gasteiger partial charge in [0.2, 0.25) is 5.95 Å². The van der Waals surface area contributed by atoms with Crippen LogP contribution in [-0.2, 0) is 17.7 Å². The minimum atomic E-state index is -0.270. The van der Waals surface area contributed by atoms with Gasteiger partial charge in [0.15, 0.2) is 0 Å². The van der Waals surface area contributed by atoms with E-state index in [1.165, 1.54) is 12.1 Å². The maximum Gasteiger partial charge on any atom is 0.223 e. The number of aryl methyl sites for hydroxylation is 1. The zero-order valence-electron chi connectivity index (χ0n) is 23.4. The van der Waals surface area contributed by atoms with Crippen molar-refractivity contribution >= 4 is 5.95 Å². The first-order chi connectivity index (χ1) is 19.6. The van der Waals surface area contributed by atoms with Crippen molar-refractivity contribution in [3.63, 3.8) is 0 Å². The van der Waals surface area contributed by atoms with Crippen LogP contribution in [0.25, 0.3) is 22.6 Å². The van der Waals surface area contributed by atoms with Crippen molar-refractivity contribution in [2.75, 3.05) is 45.8 Å². The molecule has 0 bridgehead atoms. The fourth-order valence-electron chi connectivity index (χ4n) is 5.34. The summed E-state index contributed by atoms with van der Waals surface area (Å²) in [4.78, 5) is 16.8. The van der Waals surface area contributed by atoms with Gasteiger partial charge in [-0.1, -0.05) is 25.1 Å². The topological polar surface area (TPSA) is 77.3 Å². The number of hydrogen-bond donors (Lipinski definition) is 1. The average molecular weight is 545 g/mol. The SMILES string of the molecule is CCCNc1nccc(-c2c(-c3ccc(F)cc3)nc3n2C(CN(CCOC)Cc2ccccc2OC)CC3)n1. The third kappa shape index (κ3) is 6.16. The molecule has 2 aromatic carbocycles. The number of rotatable bonds is 13. The summed E-state index contributed by atoms with van der Waals surface area (Å²) in [5, 5.41) is 3.30. The number of nitrogens with one attached hydrogen (secondary N) is 1. The molecule has 0 spiro atoms. The summed E-state index contributed by atoms with van der Waals surface area (Å²) in [5.74, 6) is 2.22. The molecule has 2 aromatic heterocycles. The third-order valence-electron chi connectivity index (χ3n) is 7.27. The molecule has 0 saturated carbocycles. The summed E-state index contributed by atoms with van der Waals surface area (Å²) in [5.41, 5.74) is 4.55. The molecule has 1 aliphatic heterocycles. The van der Waals surface area contributed by atoms with Crippen molar-refractivity contribution in [1.29, 1.82) is 0 Å². The molecule has 1 unspecified atom stereocenters. The normalized spacial score (nSPS) is 14.5. The van der Waals surface area contributed by atoms with E-state index in [2.05, 4.69) is 32.8 Å². The summed E-state index contributed by atoms with van der Waals surface area (Å²) < 4.78 is 27.3. The summed E-state index contributed by atoms with van der Waals surface area (Å²) in [6.45, 7) is 5.87. The number of ether oxygens (including phenoxy) is 2. The monoisotopic (exact) mass is 544 g/mol. The Morgan fingerprint density at radius 3 is 2.67 bits per heavy atom. The first-order valence-corrected chi connectivity index (χ1v) is 13.9. The lowest BCUT2D eigenvalue weighted by atomic mass is 10.1. The maximum absolute atomic E-state index is 13.8. The average Bonchev–Trinajstić information content (AvgIpc) is 3.55. The van der Waals surface area contributed by atoms with Gasteiger partial charge in [0.1, 0.15) is 17.4 Å². The van der Waals surface area contributed by atoms with Crippen molar-refractivity contribution < 1.29 is 13.9 Å². The maximum atomic E-state index is 13.8. The van der Waals surface area contributed by atoms with Crippen molar-refractivity contribution in [1.82, 2.24) is 24.4 Å². The lowest BCUT2D eigenvalue weighted by Gasteiger charge is -2.28. The highest BCUT2D eigenvalue weighted by Gasteiger charge is 2.32. The Bertz CT molecular complexity index is 1410. The number of hydrogen-bond acceptors (Lipinski definition) is 7. The summed E-state index contributed by atoms with van der Waals surface area (Å²) in [6, 6.07) is 16.8. The van der Waals surface area contributed by atoms with Gasteiger partial charge in [0.05, 0.1) is 30.8 Å². The van der Waals surface area contributed by atoms with Crippen LogP contribution < -0.4 is 10.1 Å². The number of para-hydroxylation sites is 1. The quantitative estimate of drug-likeness (QED) is 0.234.